The van der Waals surface area contributed by atoms with Gasteiger partial charge >= 0.3 is 0 Å². The second kappa shape index (κ2) is 7.32. The van der Waals surface area contributed by atoms with Gasteiger partial charge in [-0.25, -0.2) is 0 Å². The normalized spacial score (nSPS) is 15.7. The number of hydrogen-bond acceptors (Lipinski definition) is 4. The Morgan fingerprint density at radius 1 is 1.17 bits per heavy atom. The van der Waals surface area contributed by atoms with Crippen molar-refractivity contribution in [1.82, 2.24) is 10.2 Å². The van der Waals surface area contributed by atoms with Crippen LogP contribution in [0.4, 0.5) is 0 Å². The van der Waals surface area contributed by atoms with Crippen LogP contribution < -0.4 is 10.1 Å². The summed E-state index contributed by atoms with van der Waals surface area (Å²) in [5.41, 5.74) is 4.34. The zero-order valence-corrected chi connectivity index (χ0v) is 14.0. The summed E-state index contributed by atoms with van der Waals surface area (Å²) in [4.78, 5) is 13.3. The molecule has 0 fully saturated rings. The van der Waals surface area contributed by atoms with Crippen LogP contribution in [0, 0.1) is 0 Å². The van der Waals surface area contributed by atoms with Crippen molar-refractivity contribution in [3.63, 3.8) is 0 Å². The smallest absolute Gasteiger partial charge is 0.146 e. The molecule has 24 heavy (non-hydrogen) atoms. The number of fused-ring (bicyclic) bond motifs is 1. The number of carbonyl (C=O) groups excluding carboxylic acids is 1. The number of nitrogens with one attached hydrogen (secondary N) is 1. The molecular formula is C20H22N2O2. The fraction of sp³-hybridized carbons (Fsp3) is 0.250. The molecule has 0 radical (unpaired) electrons. The summed E-state index contributed by atoms with van der Waals surface area (Å²) in [7, 11) is 4.06. The van der Waals surface area contributed by atoms with Crippen LogP contribution in [0.1, 0.15) is 17.2 Å². The van der Waals surface area contributed by atoms with Crippen LogP contribution in [-0.4, -0.2) is 38.4 Å². The van der Waals surface area contributed by atoms with Crippen LogP contribution in [0.5, 0.6) is 5.75 Å². The van der Waals surface area contributed by atoms with E-state index in [9.17, 15) is 4.79 Å². The van der Waals surface area contributed by atoms with Gasteiger partial charge in [-0.3, -0.25) is 0 Å². The van der Waals surface area contributed by atoms with E-state index in [1.807, 2.05) is 50.6 Å². The van der Waals surface area contributed by atoms with E-state index in [4.69, 9.17) is 4.74 Å². The monoisotopic (exact) mass is 322 g/mol. The minimum absolute atomic E-state index is 0.279. The molecule has 0 amide bonds. The van der Waals surface area contributed by atoms with Gasteiger partial charge in [0.05, 0.1) is 0 Å². The number of aldehydes is 1. The lowest BCUT2D eigenvalue weighted by Crippen LogP contribution is -2.20. The Morgan fingerprint density at radius 2 is 1.96 bits per heavy atom. The van der Waals surface area contributed by atoms with Gasteiger partial charge in [0.15, 0.2) is 0 Å². The lowest BCUT2D eigenvalue weighted by Gasteiger charge is -2.21. The highest BCUT2D eigenvalue weighted by molar-refractivity contribution is 5.81. The number of benzene rings is 2. The summed E-state index contributed by atoms with van der Waals surface area (Å²) < 4.78 is 5.74. The maximum atomic E-state index is 11.2. The fourth-order valence-corrected chi connectivity index (χ4v) is 2.81. The molecule has 1 heterocycles. The molecule has 1 atom stereocenters. The van der Waals surface area contributed by atoms with Crippen LogP contribution in [0.3, 0.4) is 0 Å². The van der Waals surface area contributed by atoms with Crippen LogP contribution in [0.25, 0.3) is 17.2 Å². The van der Waals surface area contributed by atoms with E-state index in [-0.39, 0.29) is 6.04 Å². The van der Waals surface area contributed by atoms with Crippen molar-refractivity contribution < 1.29 is 9.53 Å². The molecular weight excluding hydrogens is 300 g/mol. The number of nitrogens with zero attached hydrogens (tertiary/aromatic N) is 1. The van der Waals surface area contributed by atoms with Gasteiger partial charge in [0, 0.05) is 6.54 Å². The van der Waals surface area contributed by atoms with Gasteiger partial charge in [0.1, 0.15) is 24.7 Å². The highest BCUT2D eigenvalue weighted by atomic mass is 16.5. The summed E-state index contributed by atoms with van der Waals surface area (Å²) in [6.45, 7) is 1.56. The molecule has 0 saturated heterocycles. The summed E-state index contributed by atoms with van der Waals surface area (Å²) >= 11 is 0. The maximum Gasteiger partial charge on any atom is 0.146 e. The second-order valence-electron chi connectivity index (χ2n) is 6.10. The van der Waals surface area contributed by atoms with Gasteiger partial charge in [0.2, 0.25) is 0 Å². The Balaban J connectivity index is 1.83. The molecule has 0 aromatic heterocycles. The molecule has 1 aliphatic heterocycles. The van der Waals surface area contributed by atoms with Gasteiger partial charge in [-0.15, -0.1) is 0 Å². The predicted molar refractivity (Wildman–Crippen MR) is 96.9 cm³/mol. The van der Waals surface area contributed by atoms with Crippen molar-refractivity contribution in [1.29, 1.82) is 0 Å². The molecule has 4 nitrogen and oxygen atoms in total. The topological polar surface area (TPSA) is 41.6 Å². The van der Waals surface area contributed by atoms with E-state index in [0.717, 1.165) is 40.8 Å². The first-order chi connectivity index (χ1) is 11.7. The molecule has 2 aromatic rings. The van der Waals surface area contributed by atoms with Gasteiger partial charge in [0.25, 0.3) is 0 Å². The minimum Gasteiger partial charge on any atom is -0.492 e. The maximum absolute atomic E-state index is 11.2. The van der Waals surface area contributed by atoms with E-state index in [0.29, 0.717) is 6.61 Å². The molecule has 4 heteroatoms. The largest absolute Gasteiger partial charge is 0.492 e. The highest BCUT2D eigenvalue weighted by Gasteiger charge is 2.18. The molecule has 0 spiro atoms. The standard InChI is InChI=1S/C20H22N2O2/c1-22(2)12-13-24-16-8-6-15(7-9-16)17-4-3-5-19-18(17)10-11-21-20(19)14-23/h3-11,14,20-21H,12-13H2,1-2H3. The SMILES string of the molecule is CN(C)CCOc1ccc(-c2cccc3c2C=CNC3C=O)cc1. The fourth-order valence-electron chi connectivity index (χ4n) is 2.81. The van der Waals surface area contributed by atoms with Crippen molar-refractivity contribution >= 4 is 12.4 Å². The third-order valence-electron chi connectivity index (χ3n) is 4.11. The van der Waals surface area contributed by atoms with Crippen molar-refractivity contribution in [3.8, 4) is 16.9 Å². The minimum atomic E-state index is -0.279. The molecule has 1 N–H and O–H groups in total. The molecule has 124 valence electrons. The van der Waals surface area contributed by atoms with Gasteiger partial charge in [-0.1, -0.05) is 30.3 Å². The Labute approximate surface area is 142 Å². The predicted octanol–water partition coefficient (Wildman–Crippen LogP) is 3.11. The van der Waals surface area contributed by atoms with Crippen molar-refractivity contribution in [2.24, 2.45) is 0 Å². The molecule has 1 unspecified atom stereocenters. The Morgan fingerprint density at radius 3 is 2.67 bits per heavy atom. The summed E-state index contributed by atoms with van der Waals surface area (Å²) in [5.74, 6) is 0.869. The van der Waals surface area contributed by atoms with Crippen molar-refractivity contribution in [3.05, 3.63) is 59.8 Å². The molecule has 2 aromatic carbocycles. The quantitative estimate of drug-likeness (QED) is 0.830. The number of hydrogen-bond donors (Lipinski definition) is 1. The number of rotatable bonds is 6. The van der Waals surface area contributed by atoms with Crippen LogP contribution in [-0.2, 0) is 4.79 Å². The van der Waals surface area contributed by atoms with Gasteiger partial charge < -0.3 is 19.7 Å². The van der Waals surface area contributed by atoms with Crippen LogP contribution >= 0.6 is 0 Å². The average Bonchev–Trinajstić information content (AvgIpc) is 2.61. The first-order valence-corrected chi connectivity index (χ1v) is 8.08. The Bertz CT molecular complexity index is 736. The second-order valence-corrected chi connectivity index (χ2v) is 6.10. The Hall–Kier alpha value is -2.59. The van der Waals surface area contributed by atoms with Crippen molar-refractivity contribution in [2.45, 2.75) is 6.04 Å². The third-order valence-corrected chi connectivity index (χ3v) is 4.11. The lowest BCUT2D eigenvalue weighted by molar-refractivity contribution is -0.109. The summed E-state index contributed by atoms with van der Waals surface area (Å²) in [5, 5.41) is 3.07. The molecule has 1 aliphatic rings. The lowest BCUT2D eigenvalue weighted by atomic mass is 9.90. The van der Waals surface area contributed by atoms with Crippen LogP contribution in [0.2, 0.25) is 0 Å². The average molecular weight is 322 g/mol. The van der Waals surface area contributed by atoms with Crippen LogP contribution in [0.15, 0.2) is 48.7 Å². The highest BCUT2D eigenvalue weighted by Crippen LogP contribution is 2.32. The van der Waals surface area contributed by atoms with E-state index < -0.39 is 0 Å². The zero-order valence-electron chi connectivity index (χ0n) is 14.0. The number of carbonyl (C=O) groups is 1. The first-order valence-electron chi connectivity index (χ1n) is 8.08. The van der Waals surface area contributed by atoms with E-state index in [1.165, 1.54) is 0 Å². The number of likely N-dealkylation sites (N-methyl/N-ethyl adjacent to an activating group) is 1. The molecule has 0 saturated carbocycles. The van der Waals surface area contributed by atoms with Gasteiger partial charge in [-0.05, 0) is 60.8 Å². The van der Waals surface area contributed by atoms with Crippen molar-refractivity contribution in [2.75, 3.05) is 27.2 Å². The molecule has 0 bridgehead atoms. The van der Waals surface area contributed by atoms with E-state index in [1.54, 1.807) is 0 Å². The van der Waals surface area contributed by atoms with Gasteiger partial charge in [-0.2, -0.15) is 0 Å². The zero-order chi connectivity index (χ0) is 16.9. The summed E-state index contributed by atoms with van der Waals surface area (Å²) in [6.07, 6.45) is 4.80. The Kier molecular flexibility index (Phi) is 4.96. The third kappa shape index (κ3) is 3.49. The number of ether oxygens (including phenoxy) is 1. The van der Waals surface area contributed by atoms with E-state index >= 15 is 0 Å². The summed E-state index contributed by atoms with van der Waals surface area (Å²) in [6, 6.07) is 13.9. The molecule has 3 rings (SSSR count). The van der Waals surface area contributed by atoms with E-state index in [2.05, 4.69) is 28.4 Å². The first kappa shape index (κ1) is 16.3. The molecule has 0 aliphatic carbocycles.